The molecule has 26 heteroatoms. The summed E-state index contributed by atoms with van der Waals surface area (Å²) in [4.78, 5) is 98.4. The predicted octanol–water partition coefficient (Wildman–Crippen LogP) is 16.6. The van der Waals surface area contributed by atoms with Crippen LogP contribution in [0, 0.1) is 0 Å². The Morgan fingerprint density at radius 1 is 0.273 bits per heavy atom. The van der Waals surface area contributed by atoms with Crippen molar-refractivity contribution < 1.29 is 85.5 Å². The van der Waals surface area contributed by atoms with Crippen LogP contribution in [0.4, 0.5) is 0 Å². The average molecular weight is 1520 g/mol. The lowest BCUT2D eigenvalue weighted by molar-refractivity contribution is 0.00708. The van der Waals surface area contributed by atoms with Crippen molar-refractivity contribution in [1.82, 2.24) is 39.9 Å². The van der Waals surface area contributed by atoms with Crippen LogP contribution in [0.5, 0.6) is 23.0 Å². The third-order valence-electron chi connectivity index (χ3n) is 19.5. The number of ether oxygens (including phenoxy) is 14. The van der Waals surface area contributed by atoms with E-state index in [9.17, 15) is 19.2 Å². The van der Waals surface area contributed by atoms with Gasteiger partial charge in [-0.25, -0.2) is 49.1 Å². The number of hydrogen-bond acceptors (Lipinski definition) is 24. The number of nitrogens with one attached hydrogen (secondary N) is 2. The molecular weight excluding hydrogens is 1410 g/mol. The molecule has 0 saturated carbocycles. The normalized spacial score (nSPS) is 14.7. The molecule has 2 N–H and O–H groups in total. The maximum Gasteiger partial charge on any atom is 0.339 e. The molecule has 8 bridgehead atoms. The van der Waals surface area contributed by atoms with E-state index in [0.717, 1.165) is 128 Å². The summed E-state index contributed by atoms with van der Waals surface area (Å²) >= 11 is 0. The van der Waals surface area contributed by atoms with Crippen LogP contribution in [0.1, 0.15) is 223 Å². The molecule has 0 atom stereocenters. The number of aromatic amines is 2. The third-order valence-corrected chi connectivity index (χ3v) is 19.5. The second-order valence-corrected chi connectivity index (χ2v) is 27.9. The van der Waals surface area contributed by atoms with E-state index in [1.165, 1.54) is 0 Å². The number of hydrogen-bond donors (Lipinski definition) is 2. The van der Waals surface area contributed by atoms with Crippen molar-refractivity contribution in [2.75, 3.05) is 132 Å². The van der Waals surface area contributed by atoms with E-state index >= 15 is 0 Å². The topological polar surface area (TPSA) is 306 Å². The van der Waals surface area contributed by atoms with Gasteiger partial charge in [0.15, 0.2) is 46.3 Å². The third kappa shape index (κ3) is 23.1. The minimum Gasteiger partial charge on any atom is -0.487 e. The lowest BCUT2D eigenvalue weighted by Crippen LogP contribution is -2.16. The van der Waals surface area contributed by atoms with Crippen LogP contribution in [0.2, 0.25) is 0 Å². The number of carbonyl (C=O) groups is 4. The van der Waals surface area contributed by atoms with Gasteiger partial charge < -0.3 is 76.3 Å². The fourth-order valence-electron chi connectivity index (χ4n) is 13.4. The first-order chi connectivity index (χ1) is 54.1. The highest BCUT2D eigenvalue weighted by Crippen LogP contribution is 2.45. The molecule has 110 heavy (non-hydrogen) atoms. The number of fused-ring (bicyclic) bond motifs is 22. The van der Waals surface area contributed by atoms with Gasteiger partial charge in [-0.2, -0.15) is 0 Å². The highest BCUT2D eigenvalue weighted by molar-refractivity contribution is 6.14. The highest BCUT2D eigenvalue weighted by Gasteiger charge is 2.32. The molecule has 0 aliphatic carbocycles. The Morgan fingerprint density at radius 3 is 0.764 bits per heavy atom. The Kier molecular flexibility index (Phi) is 33.0. The Hall–Kier alpha value is -8.92. The second-order valence-electron chi connectivity index (χ2n) is 27.9. The zero-order valence-electron chi connectivity index (χ0n) is 64.8. The van der Waals surface area contributed by atoms with Crippen molar-refractivity contribution in [3.05, 3.63) is 70.8 Å². The molecule has 0 unspecified atom stereocenters. The summed E-state index contributed by atoms with van der Waals surface area (Å²) in [6.45, 7) is 13.6. The first-order valence-corrected chi connectivity index (χ1v) is 40.4. The Morgan fingerprint density at radius 2 is 0.491 bits per heavy atom. The average Bonchev–Trinajstić information content (AvgIpc) is 1.58. The number of rotatable bonds is 32. The predicted molar refractivity (Wildman–Crippen MR) is 418 cm³/mol. The molecule has 0 amide bonds. The van der Waals surface area contributed by atoms with Crippen LogP contribution in [-0.4, -0.2) is 196 Å². The fourth-order valence-corrected chi connectivity index (χ4v) is 13.4. The molecule has 3 aromatic heterocycles. The summed E-state index contributed by atoms with van der Waals surface area (Å²) in [5.41, 5.74) is 2.20. The largest absolute Gasteiger partial charge is 0.487 e. The van der Waals surface area contributed by atoms with Gasteiger partial charge in [-0.05, 0) is 74.2 Å². The van der Waals surface area contributed by atoms with Gasteiger partial charge in [-0.1, -0.05) is 156 Å². The first-order valence-electron chi connectivity index (χ1n) is 40.4. The molecule has 7 heterocycles. The summed E-state index contributed by atoms with van der Waals surface area (Å²) in [6, 6.07) is 13.5. The summed E-state index contributed by atoms with van der Waals surface area (Å²) < 4.78 is 85.3. The van der Waals surface area contributed by atoms with Crippen molar-refractivity contribution in [2.24, 2.45) is 0 Å². The van der Waals surface area contributed by atoms with E-state index in [-0.39, 0.29) is 147 Å². The van der Waals surface area contributed by atoms with E-state index in [1.54, 1.807) is 36.4 Å². The smallest absolute Gasteiger partial charge is 0.339 e. The Balaban J connectivity index is 1.17. The van der Waals surface area contributed by atoms with Crippen LogP contribution in [-0.2, 0) is 47.4 Å². The SMILES string of the molecule is CCCCCCCCOC(=O)c1cc2c(cc1C(=O)OCCCCCCCC)-c1nc-2nc2[nH]c(nc3nc(nc4[nH]c(n1)c1cc(C(=O)OCCCCCCCC)c(C(=O)OCCCCCCCC)cc41)-c1cc4c(cc1-3)OCCOCCOCCOCCO4)c1cc3c(cc21)OCCOCCOCCOCCO3. The van der Waals surface area contributed by atoms with E-state index in [4.69, 9.17) is 96.2 Å². The molecule has 594 valence electrons. The van der Waals surface area contributed by atoms with Crippen molar-refractivity contribution in [1.29, 1.82) is 0 Å². The van der Waals surface area contributed by atoms with Crippen LogP contribution >= 0.6 is 0 Å². The molecular formula is C84H110N8O18. The number of aromatic nitrogens is 8. The monoisotopic (exact) mass is 1520 g/mol. The molecule has 0 spiro atoms. The van der Waals surface area contributed by atoms with Crippen LogP contribution in [0.15, 0.2) is 48.5 Å². The molecule has 0 saturated heterocycles. The highest BCUT2D eigenvalue weighted by atomic mass is 16.6. The van der Waals surface area contributed by atoms with Gasteiger partial charge in [-0.3, -0.25) is 0 Å². The number of benzene rings is 4. The number of esters is 4. The second kappa shape index (κ2) is 44.2. The standard InChI is InChI=1S/C84H110N8O18/c1-5-9-13-17-21-25-29-107-81(93)65-49-57-59(51-67(65)83(95)109-31-27-23-19-15-11-7-3)75-86-73(57)85-74-58-50-66(82(94)108-30-26-22-18-14-10-6-2)68(84(96)110-32-28-24-20-16-12-8-4)52-60(58)76(87-74)89-78-62-54-70-72(106-48-44-102-40-36-98-34-38-100-42-46-104-70)56-64(62)80(91-78)92-79-63-55-71-69(53-61(63)77(88-75)90-79)103-45-41-99-37-33-97-35-39-101-43-47-105-71/h49-56H,5-48H2,1-4H3,(H2,85,86,87,88,89,90,91,92). The minimum atomic E-state index is -0.735. The van der Waals surface area contributed by atoms with Gasteiger partial charge in [-0.15, -0.1) is 0 Å². The first kappa shape index (κ1) is 82.1. The van der Waals surface area contributed by atoms with Gasteiger partial charge >= 0.3 is 23.9 Å². The summed E-state index contributed by atoms with van der Waals surface area (Å²) in [6.07, 6.45) is 23.0. The summed E-state index contributed by atoms with van der Waals surface area (Å²) in [5.74, 6) is -1.01. The fraction of sp³-hybridized carbons (Fsp3) is 0.571. The molecule has 4 aliphatic rings. The van der Waals surface area contributed by atoms with Gasteiger partial charge in [0, 0.05) is 43.8 Å². The lowest BCUT2D eigenvalue weighted by atomic mass is 9.98. The zero-order chi connectivity index (χ0) is 76.5. The van der Waals surface area contributed by atoms with Gasteiger partial charge in [0.05, 0.1) is 128 Å². The maximum atomic E-state index is 14.8. The van der Waals surface area contributed by atoms with E-state index in [1.807, 2.05) is 12.1 Å². The summed E-state index contributed by atoms with van der Waals surface area (Å²) in [5, 5.41) is 1.71. The van der Waals surface area contributed by atoms with E-state index < -0.39 is 23.9 Å². The maximum absolute atomic E-state index is 14.8. The van der Waals surface area contributed by atoms with Gasteiger partial charge in [0.2, 0.25) is 0 Å². The Bertz CT molecular complexity index is 4350. The minimum absolute atomic E-state index is 0.0428. The molecule has 0 fully saturated rings. The molecule has 4 aromatic carbocycles. The Labute approximate surface area is 643 Å². The summed E-state index contributed by atoms with van der Waals surface area (Å²) in [7, 11) is 0. The van der Waals surface area contributed by atoms with Crippen LogP contribution in [0.3, 0.4) is 0 Å². The van der Waals surface area contributed by atoms with E-state index in [0.29, 0.717) is 145 Å². The van der Waals surface area contributed by atoms with Crippen LogP contribution in [0.25, 0.3) is 89.7 Å². The van der Waals surface area contributed by atoms with Gasteiger partial charge in [0.1, 0.15) is 49.0 Å². The molecule has 7 aromatic rings. The number of nitrogens with zero attached hydrogens (tertiary/aromatic N) is 6. The molecule has 0 radical (unpaired) electrons. The quantitative estimate of drug-likeness (QED) is 0.0225. The van der Waals surface area contributed by atoms with E-state index in [2.05, 4.69) is 37.7 Å². The lowest BCUT2D eigenvalue weighted by Gasteiger charge is -2.15. The number of unbranched alkanes of at least 4 members (excludes halogenated alkanes) is 20. The number of carbonyl (C=O) groups excluding carboxylic acids is 4. The zero-order valence-corrected chi connectivity index (χ0v) is 64.8. The molecule has 4 aliphatic heterocycles. The van der Waals surface area contributed by atoms with Crippen molar-refractivity contribution in [2.45, 2.75) is 182 Å². The number of H-pyrrole nitrogens is 2. The van der Waals surface area contributed by atoms with Crippen LogP contribution < -0.4 is 18.9 Å². The molecule has 26 nitrogen and oxygen atoms in total. The van der Waals surface area contributed by atoms with Crippen molar-refractivity contribution in [3.63, 3.8) is 0 Å². The van der Waals surface area contributed by atoms with Crippen molar-refractivity contribution in [3.8, 4) is 68.5 Å². The van der Waals surface area contributed by atoms with Gasteiger partial charge in [0.25, 0.3) is 0 Å². The molecule has 11 rings (SSSR count). The van der Waals surface area contributed by atoms with Crippen molar-refractivity contribution >= 4 is 68.0 Å².